The van der Waals surface area contributed by atoms with Crippen molar-refractivity contribution in [3.63, 3.8) is 0 Å². The molecule has 0 aromatic carbocycles. The van der Waals surface area contributed by atoms with Gasteiger partial charge in [-0.2, -0.15) is 18.2 Å². The van der Waals surface area contributed by atoms with Gasteiger partial charge in [-0.15, -0.1) is 10.2 Å². The Kier molecular flexibility index (Phi) is 6.01. The van der Waals surface area contributed by atoms with Gasteiger partial charge in [0.1, 0.15) is 5.82 Å². The Bertz CT molecular complexity index is 778. The van der Waals surface area contributed by atoms with Crippen molar-refractivity contribution >= 4 is 11.7 Å². The van der Waals surface area contributed by atoms with Crippen molar-refractivity contribution in [3.8, 4) is 5.88 Å². The normalized spacial score (nSPS) is 20.4. The van der Waals surface area contributed by atoms with Crippen molar-refractivity contribution in [1.82, 2.24) is 19.6 Å². The van der Waals surface area contributed by atoms with E-state index in [1.54, 1.807) is 7.11 Å². The van der Waals surface area contributed by atoms with Crippen molar-refractivity contribution in [2.45, 2.75) is 50.7 Å². The second kappa shape index (κ2) is 7.85. The van der Waals surface area contributed by atoms with E-state index in [9.17, 15) is 13.2 Å². The minimum absolute atomic E-state index is 0.276. The maximum absolute atomic E-state index is 10.6. The lowest BCUT2D eigenvalue weighted by Crippen LogP contribution is -2.27. The topological polar surface area (TPSA) is 116 Å². The largest absolute Gasteiger partial charge is 0.490 e. The summed E-state index contributed by atoms with van der Waals surface area (Å²) in [6, 6.07) is 2.18. The second-order valence-electron chi connectivity index (χ2n) is 6.06. The Morgan fingerprint density at radius 1 is 1.38 bits per heavy atom. The maximum atomic E-state index is 10.6. The van der Waals surface area contributed by atoms with Crippen LogP contribution in [0.15, 0.2) is 6.07 Å². The molecule has 2 atom stereocenters. The number of nitrogens with two attached hydrogens (primary N) is 1. The molecule has 2 aromatic heterocycles. The van der Waals surface area contributed by atoms with Crippen LogP contribution in [0.3, 0.4) is 0 Å². The van der Waals surface area contributed by atoms with Crippen molar-refractivity contribution < 1.29 is 27.8 Å². The van der Waals surface area contributed by atoms with Crippen LogP contribution in [-0.4, -0.2) is 50.0 Å². The molecule has 3 N–H and O–H groups in total. The molecule has 144 valence electrons. The number of halogens is 3. The monoisotopic (exact) mass is 375 g/mol. The standard InChI is InChI=1S/C13H19N5O.C2HF3O2/c1-8-6-11(19-2)15-13-17-16-12(18(8)13)9-4-3-5-10(14)7-9;3-2(4,5)1(6)7/h6,9-10H,3-5,7,14H2,1-2H3;(H,6,7)/t9-,10?;/m0./s1. The molecular weight excluding hydrogens is 355 g/mol. The number of carbonyl (C=O) groups is 1. The molecule has 1 unspecified atom stereocenters. The summed E-state index contributed by atoms with van der Waals surface area (Å²) < 4.78 is 38.9. The zero-order valence-corrected chi connectivity index (χ0v) is 14.3. The summed E-state index contributed by atoms with van der Waals surface area (Å²) in [5.74, 6) is -0.215. The predicted octanol–water partition coefficient (Wildman–Crippen LogP) is 2.06. The van der Waals surface area contributed by atoms with E-state index in [-0.39, 0.29) is 6.04 Å². The highest BCUT2D eigenvalue weighted by Crippen LogP contribution is 2.31. The summed E-state index contributed by atoms with van der Waals surface area (Å²) in [5, 5.41) is 15.6. The number of fused-ring (bicyclic) bond motifs is 1. The Hall–Kier alpha value is -2.43. The van der Waals surface area contributed by atoms with Crippen molar-refractivity contribution in [2.24, 2.45) is 5.73 Å². The molecule has 2 aromatic rings. The predicted molar refractivity (Wildman–Crippen MR) is 84.9 cm³/mol. The molecule has 0 amide bonds. The van der Waals surface area contributed by atoms with Crippen LogP contribution in [0.25, 0.3) is 5.78 Å². The van der Waals surface area contributed by atoms with Gasteiger partial charge in [-0.25, -0.2) is 4.79 Å². The number of ether oxygens (including phenoxy) is 1. The molecule has 11 heteroatoms. The van der Waals surface area contributed by atoms with Crippen molar-refractivity contribution in [1.29, 1.82) is 0 Å². The molecule has 0 bridgehead atoms. The minimum atomic E-state index is -5.08. The Morgan fingerprint density at radius 2 is 2.04 bits per heavy atom. The van der Waals surface area contributed by atoms with Crippen LogP contribution in [0.2, 0.25) is 0 Å². The van der Waals surface area contributed by atoms with Gasteiger partial charge < -0.3 is 15.6 Å². The Labute approximate surface area is 147 Å². The van der Waals surface area contributed by atoms with Crippen LogP contribution < -0.4 is 10.5 Å². The van der Waals surface area contributed by atoms with Gasteiger partial charge in [0.05, 0.1) is 7.11 Å². The van der Waals surface area contributed by atoms with Crippen LogP contribution in [0.4, 0.5) is 13.2 Å². The Balaban J connectivity index is 0.000000298. The number of aryl methyl sites for hydroxylation is 1. The average Bonchev–Trinajstić information content (AvgIpc) is 2.99. The van der Waals surface area contributed by atoms with E-state index in [0.29, 0.717) is 17.6 Å². The molecule has 1 saturated carbocycles. The van der Waals surface area contributed by atoms with E-state index in [0.717, 1.165) is 37.2 Å². The number of nitrogens with zero attached hydrogens (tertiary/aromatic N) is 4. The van der Waals surface area contributed by atoms with Gasteiger partial charge in [-0.1, -0.05) is 6.42 Å². The molecule has 0 aliphatic heterocycles. The molecular formula is C15H20F3N5O3. The number of hydrogen-bond donors (Lipinski definition) is 2. The van der Waals surface area contributed by atoms with Gasteiger partial charge >= 0.3 is 12.1 Å². The number of carboxylic acid groups (broad SMARTS) is 1. The van der Waals surface area contributed by atoms with Crippen LogP contribution in [-0.2, 0) is 4.79 Å². The van der Waals surface area contributed by atoms with Gasteiger partial charge in [-0.05, 0) is 26.2 Å². The first-order valence-corrected chi connectivity index (χ1v) is 7.95. The minimum Gasteiger partial charge on any atom is -0.481 e. The number of aromatic nitrogens is 4. The highest BCUT2D eigenvalue weighted by atomic mass is 19.4. The first-order valence-electron chi connectivity index (χ1n) is 7.95. The highest BCUT2D eigenvalue weighted by molar-refractivity contribution is 5.73. The molecule has 1 fully saturated rings. The lowest BCUT2D eigenvalue weighted by atomic mass is 9.85. The number of alkyl halides is 3. The molecule has 8 nitrogen and oxygen atoms in total. The van der Waals surface area contributed by atoms with Gasteiger partial charge in [0.15, 0.2) is 0 Å². The van der Waals surface area contributed by atoms with Gasteiger partial charge in [0.25, 0.3) is 5.78 Å². The molecule has 26 heavy (non-hydrogen) atoms. The Morgan fingerprint density at radius 3 is 2.58 bits per heavy atom. The summed E-state index contributed by atoms with van der Waals surface area (Å²) in [6.07, 6.45) is -0.714. The summed E-state index contributed by atoms with van der Waals surface area (Å²) >= 11 is 0. The summed E-state index contributed by atoms with van der Waals surface area (Å²) in [6.45, 7) is 2.02. The first kappa shape index (κ1) is 19.9. The van der Waals surface area contributed by atoms with Crippen LogP contribution in [0.5, 0.6) is 5.88 Å². The third kappa shape index (κ3) is 4.59. The summed E-state index contributed by atoms with van der Waals surface area (Å²) in [4.78, 5) is 13.2. The van der Waals surface area contributed by atoms with E-state index in [1.807, 2.05) is 17.4 Å². The fourth-order valence-electron chi connectivity index (χ4n) is 2.90. The smallest absolute Gasteiger partial charge is 0.481 e. The number of aliphatic carboxylic acids is 1. The zero-order chi connectivity index (χ0) is 19.5. The van der Waals surface area contributed by atoms with Crippen molar-refractivity contribution in [2.75, 3.05) is 7.11 Å². The fraction of sp³-hybridized carbons (Fsp3) is 0.600. The summed E-state index contributed by atoms with van der Waals surface area (Å²) in [5.41, 5.74) is 7.11. The number of rotatable bonds is 2. The SMILES string of the molecule is COc1cc(C)n2c([C@H]3CCCC(N)C3)nnc2n1.O=C(O)C(F)(F)F. The van der Waals surface area contributed by atoms with E-state index in [2.05, 4.69) is 15.2 Å². The van der Waals surface area contributed by atoms with Gasteiger partial charge in [-0.3, -0.25) is 4.40 Å². The molecule has 0 saturated heterocycles. The van der Waals surface area contributed by atoms with E-state index in [4.69, 9.17) is 20.4 Å². The first-order chi connectivity index (χ1) is 12.1. The van der Waals surface area contributed by atoms with Gasteiger partial charge in [0, 0.05) is 23.7 Å². The molecule has 2 heterocycles. The van der Waals surface area contributed by atoms with Crippen LogP contribution in [0.1, 0.15) is 43.1 Å². The quantitative estimate of drug-likeness (QED) is 0.825. The van der Waals surface area contributed by atoms with Gasteiger partial charge in [0.2, 0.25) is 5.88 Å². The molecule has 3 rings (SSSR count). The molecule has 0 radical (unpaired) electrons. The van der Waals surface area contributed by atoms with Crippen LogP contribution in [0, 0.1) is 6.92 Å². The fourth-order valence-corrected chi connectivity index (χ4v) is 2.90. The lowest BCUT2D eigenvalue weighted by Gasteiger charge is -2.25. The maximum Gasteiger partial charge on any atom is 0.490 e. The number of hydrogen-bond acceptors (Lipinski definition) is 6. The van der Waals surface area contributed by atoms with E-state index in [1.165, 1.54) is 0 Å². The summed E-state index contributed by atoms with van der Waals surface area (Å²) in [7, 11) is 1.61. The van der Waals surface area contributed by atoms with E-state index >= 15 is 0 Å². The third-order valence-corrected chi connectivity index (χ3v) is 4.10. The molecule has 0 spiro atoms. The molecule has 1 aliphatic carbocycles. The average molecular weight is 375 g/mol. The van der Waals surface area contributed by atoms with E-state index < -0.39 is 12.1 Å². The highest BCUT2D eigenvalue weighted by Gasteiger charge is 2.38. The van der Waals surface area contributed by atoms with Crippen LogP contribution >= 0.6 is 0 Å². The third-order valence-electron chi connectivity index (χ3n) is 4.10. The zero-order valence-electron chi connectivity index (χ0n) is 14.3. The lowest BCUT2D eigenvalue weighted by molar-refractivity contribution is -0.192. The van der Waals surface area contributed by atoms with Crippen molar-refractivity contribution in [3.05, 3.63) is 17.6 Å². The second-order valence-corrected chi connectivity index (χ2v) is 6.06. The molecule has 1 aliphatic rings. The number of methoxy groups -OCH3 is 1. The number of carboxylic acids is 1.